The Morgan fingerprint density at radius 1 is 1.16 bits per heavy atom. The van der Waals surface area contributed by atoms with Crippen LogP contribution < -0.4 is 10.5 Å². The van der Waals surface area contributed by atoms with Crippen molar-refractivity contribution in [3.8, 4) is 17.0 Å². The van der Waals surface area contributed by atoms with Gasteiger partial charge in [-0.05, 0) is 54.7 Å². The molecular weight excluding hydrogens is 334 g/mol. The summed E-state index contributed by atoms with van der Waals surface area (Å²) in [5, 5.41) is 1.01. The zero-order valence-electron chi connectivity index (χ0n) is 14.2. The van der Waals surface area contributed by atoms with Crippen LogP contribution in [0.15, 0.2) is 42.6 Å². The molecule has 0 bridgehead atoms. The molecule has 1 aromatic carbocycles. The number of nitrogens with two attached hydrogens (primary N) is 1. The normalized spacial score (nSPS) is 14.0. The number of fused-ring (bicyclic) bond motifs is 1. The van der Waals surface area contributed by atoms with Crippen LogP contribution in [0.3, 0.4) is 0 Å². The number of ether oxygens (including phenoxy) is 1. The molecule has 4 nitrogen and oxygen atoms in total. The van der Waals surface area contributed by atoms with Gasteiger partial charge in [-0.25, -0.2) is 4.98 Å². The molecule has 25 heavy (non-hydrogen) atoms. The van der Waals surface area contributed by atoms with E-state index in [1.165, 1.54) is 24.8 Å². The number of nitrogens with zero attached hydrogens (tertiary/aromatic N) is 2. The Hall–Kier alpha value is -2.17. The number of benzene rings is 1. The van der Waals surface area contributed by atoms with E-state index >= 15 is 0 Å². The van der Waals surface area contributed by atoms with Crippen molar-refractivity contribution in [2.45, 2.75) is 31.7 Å². The van der Waals surface area contributed by atoms with Crippen molar-refractivity contribution >= 4 is 23.3 Å². The van der Waals surface area contributed by atoms with Crippen LogP contribution in [0.5, 0.6) is 5.75 Å². The SMILES string of the molecule is COc1cc(C2CCC2)ccc1-c1ccc2cnc(CN)cc2n1.Cl. The summed E-state index contributed by atoms with van der Waals surface area (Å²) in [7, 11) is 1.72. The molecular formula is C20H22ClN3O. The maximum absolute atomic E-state index is 5.69. The van der Waals surface area contributed by atoms with Crippen LogP contribution in [0.1, 0.15) is 36.4 Å². The molecule has 0 atom stereocenters. The second kappa shape index (κ2) is 7.38. The van der Waals surface area contributed by atoms with Crippen molar-refractivity contribution in [2.24, 2.45) is 5.73 Å². The second-order valence-electron chi connectivity index (χ2n) is 6.36. The lowest BCUT2D eigenvalue weighted by molar-refractivity contribution is 0.403. The number of aromatic nitrogens is 2. The maximum Gasteiger partial charge on any atom is 0.128 e. The van der Waals surface area contributed by atoms with E-state index in [0.717, 1.165) is 33.6 Å². The van der Waals surface area contributed by atoms with Gasteiger partial charge in [-0.15, -0.1) is 12.4 Å². The van der Waals surface area contributed by atoms with Gasteiger partial charge in [0, 0.05) is 23.7 Å². The van der Waals surface area contributed by atoms with Gasteiger partial charge in [0.1, 0.15) is 5.75 Å². The molecule has 1 aliphatic rings. The summed E-state index contributed by atoms with van der Waals surface area (Å²) in [6.45, 7) is 0.418. The molecule has 0 saturated heterocycles. The van der Waals surface area contributed by atoms with Crippen molar-refractivity contribution in [1.82, 2.24) is 9.97 Å². The third kappa shape index (κ3) is 3.32. The molecule has 2 N–H and O–H groups in total. The highest BCUT2D eigenvalue weighted by Gasteiger charge is 2.21. The summed E-state index contributed by atoms with van der Waals surface area (Å²) < 4.78 is 5.64. The standard InChI is InChI=1S/C20H21N3O.ClH/c1-24-20-9-14(13-3-2-4-13)5-7-17(20)18-8-6-15-12-22-16(11-21)10-19(15)23-18;/h5-10,12-13H,2-4,11,21H2,1H3;1H. The molecule has 3 aromatic rings. The first kappa shape index (κ1) is 17.6. The topological polar surface area (TPSA) is 61.0 Å². The van der Waals surface area contributed by atoms with Crippen molar-refractivity contribution in [3.63, 3.8) is 0 Å². The molecule has 1 aliphatic carbocycles. The van der Waals surface area contributed by atoms with Gasteiger partial charge in [-0.1, -0.05) is 12.5 Å². The Bertz CT molecular complexity index is 893. The Morgan fingerprint density at radius 3 is 2.68 bits per heavy atom. The van der Waals surface area contributed by atoms with Gasteiger partial charge in [0.15, 0.2) is 0 Å². The van der Waals surface area contributed by atoms with Gasteiger partial charge >= 0.3 is 0 Å². The number of pyridine rings is 2. The number of hydrogen-bond acceptors (Lipinski definition) is 4. The molecule has 0 radical (unpaired) electrons. The Labute approximate surface area is 153 Å². The molecule has 130 valence electrons. The molecule has 0 unspecified atom stereocenters. The van der Waals surface area contributed by atoms with Gasteiger partial charge in [0.25, 0.3) is 0 Å². The van der Waals surface area contributed by atoms with Crippen LogP contribution in [0.2, 0.25) is 0 Å². The lowest BCUT2D eigenvalue weighted by Crippen LogP contribution is -2.08. The fourth-order valence-electron chi connectivity index (χ4n) is 3.23. The second-order valence-corrected chi connectivity index (χ2v) is 6.36. The van der Waals surface area contributed by atoms with Crippen molar-refractivity contribution in [1.29, 1.82) is 0 Å². The first-order valence-corrected chi connectivity index (χ1v) is 8.42. The van der Waals surface area contributed by atoms with Gasteiger partial charge in [0.05, 0.1) is 24.0 Å². The first-order chi connectivity index (χ1) is 11.8. The van der Waals surface area contributed by atoms with E-state index in [4.69, 9.17) is 15.5 Å². The molecule has 4 rings (SSSR count). The van der Waals surface area contributed by atoms with E-state index in [1.807, 2.05) is 24.4 Å². The van der Waals surface area contributed by atoms with Gasteiger partial charge in [0.2, 0.25) is 0 Å². The molecule has 0 amide bonds. The highest BCUT2D eigenvalue weighted by atomic mass is 35.5. The molecule has 0 spiro atoms. The van der Waals surface area contributed by atoms with Crippen LogP contribution >= 0.6 is 12.4 Å². The number of halogens is 1. The number of hydrogen-bond donors (Lipinski definition) is 1. The lowest BCUT2D eigenvalue weighted by atomic mass is 9.79. The molecule has 2 aromatic heterocycles. The summed E-state index contributed by atoms with van der Waals surface area (Å²) in [6.07, 6.45) is 5.72. The van der Waals surface area contributed by atoms with Gasteiger partial charge in [-0.2, -0.15) is 0 Å². The lowest BCUT2D eigenvalue weighted by Gasteiger charge is -2.26. The third-order valence-corrected chi connectivity index (χ3v) is 4.92. The fraction of sp³-hybridized carbons (Fsp3) is 0.300. The predicted octanol–water partition coefficient (Wildman–Crippen LogP) is 4.45. The Morgan fingerprint density at radius 2 is 2.00 bits per heavy atom. The Kier molecular flexibility index (Phi) is 5.21. The Balaban J connectivity index is 0.00000182. The van der Waals surface area contributed by atoms with Crippen molar-refractivity contribution in [3.05, 3.63) is 53.9 Å². The van der Waals surface area contributed by atoms with Crippen LogP contribution in [0.4, 0.5) is 0 Å². The molecule has 1 fully saturated rings. The van der Waals surface area contributed by atoms with Crippen LogP contribution in [-0.2, 0) is 6.54 Å². The van der Waals surface area contributed by atoms with E-state index in [2.05, 4.69) is 23.2 Å². The zero-order chi connectivity index (χ0) is 16.5. The van der Waals surface area contributed by atoms with E-state index in [1.54, 1.807) is 7.11 Å². The summed E-state index contributed by atoms with van der Waals surface area (Å²) in [5.74, 6) is 1.58. The largest absolute Gasteiger partial charge is 0.496 e. The van der Waals surface area contributed by atoms with Gasteiger partial charge < -0.3 is 10.5 Å². The predicted molar refractivity (Wildman–Crippen MR) is 103 cm³/mol. The van der Waals surface area contributed by atoms with Crippen LogP contribution in [-0.4, -0.2) is 17.1 Å². The molecule has 1 saturated carbocycles. The van der Waals surface area contributed by atoms with E-state index in [0.29, 0.717) is 12.5 Å². The molecule has 2 heterocycles. The van der Waals surface area contributed by atoms with Crippen molar-refractivity contribution < 1.29 is 4.74 Å². The number of rotatable bonds is 4. The summed E-state index contributed by atoms with van der Waals surface area (Å²) >= 11 is 0. The van der Waals surface area contributed by atoms with Crippen LogP contribution in [0.25, 0.3) is 22.2 Å². The van der Waals surface area contributed by atoms with Crippen LogP contribution in [0, 0.1) is 0 Å². The average Bonchev–Trinajstić information content (AvgIpc) is 2.59. The minimum atomic E-state index is 0. The monoisotopic (exact) mass is 355 g/mol. The minimum Gasteiger partial charge on any atom is -0.496 e. The van der Waals surface area contributed by atoms with E-state index < -0.39 is 0 Å². The molecule has 5 heteroatoms. The highest BCUT2D eigenvalue weighted by Crippen LogP contribution is 2.40. The smallest absolute Gasteiger partial charge is 0.128 e. The summed E-state index contributed by atoms with van der Waals surface area (Å²) in [4.78, 5) is 9.11. The average molecular weight is 356 g/mol. The highest BCUT2D eigenvalue weighted by molar-refractivity contribution is 5.85. The van der Waals surface area contributed by atoms with E-state index in [-0.39, 0.29) is 12.4 Å². The molecule has 0 aliphatic heterocycles. The summed E-state index contributed by atoms with van der Waals surface area (Å²) in [5.41, 5.74) is 10.8. The summed E-state index contributed by atoms with van der Waals surface area (Å²) in [6, 6.07) is 12.5. The quantitative estimate of drug-likeness (QED) is 0.750. The first-order valence-electron chi connectivity index (χ1n) is 8.42. The van der Waals surface area contributed by atoms with Gasteiger partial charge in [-0.3, -0.25) is 4.98 Å². The zero-order valence-corrected chi connectivity index (χ0v) is 15.1. The fourth-order valence-corrected chi connectivity index (χ4v) is 3.23. The third-order valence-electron chi connectivity index (χ3n) is 4.92. The number of methoxy groups -OCH3 is 1. The van der Waals surface area contributed by atoms with E-state index in [9.17, 15) is 0 Å². The van der Waals surface area contributed by atoms with Crippen molar-refractivity contribution in [2.75, 3.05) is 7.11 Å². The maximum atomic E-state index is 5.69. The minimum absolute atomic E-state index is 0.